The molecule has 3 aromatic rings. The summed E-state index contributed by atoms with van der Waals surface area (Å²) in [6.45, 7) is 4.22. The van der Waals surface area contributed by atoms with Gasteiger partial charge in [-0.2, -0.15) is 0 Å². The Balaban J connectivity index is 1.84. The van der Waals surface area contributed by atoms with Crippen LogP contribution in [0.25, 0.3) is 5.57 Å². The monoisotopic (exact) mass is 458 g/mol. The largest absolute Gasteiger partial charge is 0.497 e. The number of anilines is 2. The van der Waals surface area contributed by atoms with E-state index in [4.69, 9.17) is 14.2 Å². The van der Waals surface area contributed by atoms with Gasteiger partial charge in [0.2, 0.25) is 0 Å². The van der Waals surface area contributed by atoms with Crippen molar-refractivity contribution in [2.75, 3.05) is 31.0 Å². The van der Waals surface area contributed by atoms with Crippen molar-refractivity contribution in [3.05, 3.63) is 83.6 Å². The number of ether oxygens (including phenoxy) is 3. The highest BCUT2D eigenvalue weighted by Gasteiger charge is 2.41. The second-order valence-electron chi connectivity index (χ2n) is 7.69. The molecule has 2 amide bonds. The zero-order chi connectivity index (χ0) is 24.2. The normalized spacial score (nSPS) is 13.4. The summed E-state index contributed by atoms with van der Waals surface area (Å²) in [6.07, 6.45) is 0. The zero-order valence-electron chi connectivity index (χ0n) is 19.5. The predicted molar refractivity (Wildman–Crippen MR) is 131 cm³/mol. The first-order chi connectivity index (χ1) is 16.5. The van der Waals surface area contributed by atoms with E-state index in [0.717, 1.165) is 10.5 Å². The van der Waals surface area contributed by atoms with Crippen molar-refractivity contribution in [2.24, 2.45) is 0 Å². The number of amides is 2. The summed E-state index contributed by atoms with van der Waals surface area (Å²) in [5.74, 6) is 0.649. The van der Waals surface area contributed by atoms with E-state index >= 15 is 0 Å². The van der Waals surface area contributed by atoms with Gasteiger partial charge < -0.3 is 19.5 Å². The van der Waals surface area contributed by atoms with Crippen molar-refractivity contribution in [2.45, 2.75) is 13.8 Å². The maximum Gasteiger partial charge on any atom is 0.282 e. The number of carbonyl (C=O) groups is 2. The summed E-state index contributed by atoms with van der Waals surface area (Å²) >= 11 is 0. The van der Waals surface area contributed by atoms with E-state index in [2.05, 4.69) is 5.32 Å². The molecule has 1 N–H and O–H groups in total. The molecule has 0 radical (unpaired) electrons. The lowest BCUT2D eigenvalue weighted by Crippen LogP contribution is -2.32. The van der Waals surface area contributed by atoms with Gasteiger partial charge in [-0.1, -0.05) is 42.0 Å². The molecular formula is C27H26N2O5. The van der Waals surface area contributed by atoms with Crippen LogP contribution in [-0.2, 0) is 9.59 Å². The predicted octanol–water partition coefficient (Wildman–Crippen LogP) is 4.81. The minimum Gasteiger partial charge on any atom is -0.497 e. The fourth-order valence-corrected chi connectivity index (χ4v) is 3.80. The molecule has 34 heavy (non-hydrogen) atoms. The molecule has 7 nitrogen and oxygen atoms in total. The number of nitrogens with zero attached hydrogens (tertiary/aromatic N) is 1. The molecule has 3 aromatic carbocycles. The van der Waals surface area contributed by atoms with Crippen LogP contribution in [-0.4, -0.2) is 32.6 Å². The maximum atomic E-state index is 13.7. The van der Waals surface area contributed by atoms with Crippen LogP contribution in [0.5, 0.6) is 17.2 Å². The lowest BCUT2D eigenvalue weighted by Gasteiger charge is -2.19. The number of aryl methyl sites for hydroxylation is 1. The van der Waals surface area contributed by atoms with Crippen molar-refractivity contribution < 1.29 is 23.8 Å². The van der Waals surface area contributed by atoms with Crippen LogP contribution in [0.2, 0.25) is 0 Å². The number of benzene rings is 3. The zero-order valence-corrected chi connectivity index (χ0v) is 19.5. The Hall–Kier alpha value is -4.26. The van der Waals surface area contributed by atoms with E-state index in [1.165, 1.54) is 0 Å². The molecule has 0 fully saturated rings. The van der Waals surface area contributed by atoms with Crippen LogP contribution in [0.3, 0.4) is 0 Å². The van der Waals surface area contributed by atoms with Crippen molar-refractivity contribution in [1.82, 2.24) is 0 Å². The fourth-order valence-electron chi connectivity index (χ4n) is 3.80. The molecule has 0 aliphatic carbocycles. The minimum absolute atomic E-state index is 0.162. The molecule has 0 unspecified atom stereocenters. The van der Waals surface area contributed by atoms with Gasteiger partial charge in [-0.3, -0.25) is 9.59 Å². The number of hydrogen-bond acceptors (Lipinski definition) is 6. The first-order valence-corrected chi connectivity index (χ1v) is 10.9. The smallest absolute Gasteiger partial charge is 0.282 e. The van der Waals surface area contributed by atoms with Gasteiger partial charge in [0.1, 0.15) is 22.9 Å². The molecule has 1 aliphatic heterocycles. The topological polar surface area (TPSA) is 77.1 Å². The quantitative estimate of drug-likeness (QED) is 0.489. The Labute approximate surface area is 198 Å². The Kier molecular flexibility index (Phi) is 6.54. The molecule has 1 aliphatic rings. The van der Waals surface area contributed by atoms with Gasteiger partial charge in [0.25, 0.3) is 11.8 Å². The fraction of sp³-hybridized carbons (Fsp3) is 0.185. The number of rotatable bonds is 8. The van der Waals surface area contributed by atoms with E-state index in [1.807, 2.05) is 38.1 Å². The van der Waals surface area contributed by atoms with Crippen molar-refractivity contribution in [1.29, 1.82) is 0 Å². The number of methoxy groups -OCH3 is 2. The number of para-hydroxylation sites is 2. The first kappa shape index (κ1) is 22.9. The van der Waals surface area contributed by atoms with Crippen LogP contribution < -0.4 is 24.4 Å². The number of nitrogens with one attached hydrogen (secondary N) is 1. The second kappa shape index (κ2) is 9.70. The van der Waals surface area contributed by atoms with Gasteiger partial charge in [-0.15, -0.1) is 0 Å². The van der Waals surface area contributed by atoms with Crippen molar-refractivity contribution in [3.8, 4) is 17.2 Å². The molecule has 0 saturated heterocycles. The molecule has 0 spiro atoms. The summed E-state index contributed by atoms with van der Waals surface area (Å²) in [5.41, 5.74) is 3.07. The van der Waals surface area contributed by atoms with Crippen LogP contribution >= 0.6 is 0 Å². The van der Waals surface area contributed by atoms with Gasteiger partial charge in [-0.25, -0.2) is 4.90 Å². The molecule has 174 valence electrons. The Bertz CT molecular complexity index is 1240. The Morgan fingerprint density at radius 1 is 0.853 bits per heavy atom. The highest BCUT2D eigenvalue weighted by Crippen LogP contribution is 2.38. The lowest BCUT2D eigenvalue weighted by atomic mass is 10.0. The highest BCUT2D eigenvalue weighted by molar-refractivity contribution is 6.46. The van der Waals surface area contributed by atoms with E-state index < -0.39 is 11.8 Å². The first-order valence-electron chi connectivity index (χ1n) is 10.9. The Morgan fingerprint density at radius 2 is 1.50 bits per heavy atom. The third-order valence-corrected chi connectivity index (χ3v) is 5.45. The minimum atomic E-state index is -0.477. The van der Waals surface area contributed by atoms with Gasteiger partial charge in [0.15, 0.2) is 0 Å². The summed E-state index contributed by atoms with van der Waals surface area (Å²) in [5, 5.41) is 3.15. The van der Waals surface area contributed by atoms with E-state index in [0.29, 0.717) is 40.8 Å². The SMILES string of the molecule is CCOc1ccccc1N1C(=O)C(Nc2cc(OC)cc(OC)c2)=C(c2ccc(C)cc2)C1=O. The van der Waals surface area contributed by atoms with Crippen molar-refractivity contribution >= 4 is 28.8 Å². The summed E-state index contributed by atoms with van der Waals surface area (Å²) < 4.78 is 16.4. The molecule has 0 aromatic heterocycles. The lowest BCUT2D eigenvalue weighted by molar-refractivity contribution is -0.120. The second-order valence-corrected chi connectivity index (χ2v) is 7.69. The molecule has 0 saturated carbocycles. The van der Waals surface area contributed by atoms with Crippen LogP contribution in [0.4, 0.5) is 11.4 Å². The molecule has 4 rings (SSSR count). The van der Waals surface area contributed by atoms with Crippen LogP contribution in [0.1, 0.15) is 18.1 Å². The van der Waals surface area contributed by atoms with E-state index in [9.17, 15) is 9.59 Å². The summed E-state index contributed by atoms with van der Waals surface area (Å²) in [6, 6.07) is 19.7. The number of carbonyl (C=O) groups excluding carboxylic acids is 2. The van der Waals surface area contributed by atoms with Gasteiger partial charge in [0.05, 0.1) is 32.1 Å². The van der Waals surface area contributed by atoms with Crippen LogP contribution in [0.15, 0.2) is 72.4 Å². The van der Waals surface area contributed by atoms with Gasteiger partial charge in [0, 0.05) is 23.9 Å². The Morgan fingerprint density at radius 3 is 2.12 bits per heavy atom. The molecule has 0 bridgehead atoms. The van der Waals surface area contributed by atoms with Crippen molar-refractivity contribution in [3.63, 3.8) is 0 Å². The van der Waals surface area contributed by atoms with Gasteiger partial charge >= 0.3 is 0 Å². The number of imide groups is 1. The van der Waals surface area contributed by atoms with Crippen LogP contribution in [0, 0.1) is 6.92 Å². The summed E-state index contributed by atoms with van der Waals surface area (Å²) in [4.78, 5) is 28.6. The van der Waals surface area contributed by atoms with E-state index in [1.54, 1.807) is 56.7 Å². The maximum absolute atomic E-state index is 13.7. The van der Waals surface area contributed by atoms with E-state index in [-0.39, 0.29) is 11.3 Å². The third kappa shape index (κ3) is 4.32. The molecule has 0 atom stereocenters. The molecular weight excluding hydrogens is 432 g/mol. The highest BCUT2D eigenvalue weighted by atomic mass is 16.5. The number of hydrogen-bond donors (Lipinski definition) is 1. The molecule has 7 heteroatoms. The average Bonchev–Trinajstić information content (AvgIpc) is 3.09. The molecule has 1 heterocycles. The standard InChI is InChI=1S/C27H26N2O5/c1-5-34-23-9-7-6-8-22(23)29-26(30)24(18-12-10-17(2)11-13-18)25(27(29)31)28-19-14-20(32-3)16-21(15-19)33-4/h6-16,28H,5H2,1-4H3. The average molecular weight is 459 g/mol. The summed E-state index contributed by atoms with van der Waals surface area (Å²) in [7, 11) is 3.10. The van der Waals surface area contributed by atoms with Gasteiger partial charge in [-0.05, 0) is 31.5 Å². The third-order valence-electron chi connectivity index (χ3n) is 5.45.